The van der Waals surface area contributed by atoms with Crippen molar-refractivity contribution in [3.8, 4) is 0 Å². The first kappa shape index (κ1) is 8.86. The highest BCUT2D eigenvalue weighted by molar-refractivity contribution is 7.20. The smallest absolute Gasteiger partial charge is 0.152 e. The minimum absolute atomic E-state index is 1.28. The molecule has 0 saturated heterocycles. The van der Waals surface area contributed by atoms with Crippen molar-refractivity contribution in [3.63, 3.8) is 0 Å². The van der Waals surface area contributed by atoms with E-state index in [1.807, 2.05) is 11.3 Å². The Kier molecular flexibility index (Phi) is 3.71. The average Bonchev–Trinajstić information content (AvgIpc) is 2.37. The predicted molar refractivity (Wildman–Crippen MR) is 55.7 cm³/mol. The van der Waals surface area contributed by atoms with Crippen molar-refractivity contribution in [1.82, 2.24) is 0 Å². The zero-order valence-corrected chi connectivity index (χ0v) is 8.21. The molecule has 0 spiro atoms. The van der Waals surface area contributed by atoms with Gasteiger partial charge in [0, 0.05) is 4.88 Å². The van der Waals surface area contributed by atoms with Gasteiger partial charge in [-0.3, -0.25) is 0 Å². The van der Waals surface area contributed by atoms with E-state index in [1.165, 1.54) is 30.5 Å². The summed E-state index contributed by atoms with van der Waals surface area (Å²) in [4.78, 5) is 1.55. The summed E-state index contributed by atoms with van der Waals surface area (Å²) in [5.41, 5.74) is 0. The number of thiophene rings is 1. The summed E-state index contributed by atoms with van der Waals surface area (Å²) in [5.74, 6) is 0. The normalized spacial score (nSPS) is 10.3. The fourth-order valence-corrected chi connectivity index (χ4v) is 2.10. The third-order valence-electron chi connectivity index (χ3n) is 1.82. The summed E-state index contributed by atoms with van der Waals surface area (Å²) in [7, 11) is 2.17. The molecule has 1 aromatic heterocycles. The highest BCUT2D eigenvalue weighted by Gasteiger charge is 1.94. The van der Waals surface area contributed by atoms with Gasteiger partial charge in [0.15, 0.2) is 7.85 Å². The molecule has 0 N–H and O–H groups in total. The SMILES string of the molecule is Bc1ccc(CCCCC)s1. The number of aryl methyl sites for hydroxylation is 1. The second-order valence-electron chi connectivity index (χ2n) is 2.97. The van der Waals surface area contributed by atoms with Gasteiger partial charge >= 0.3 is 0 Å². The Bertz CT molecular complexity index is 205. The van der Waals surface area contributed by atoms with E-state index in [-0.39, 0.29) is 0 Å². The van der Waals surface area contributed by atoms with Gasteiger partial charge < -0.3 is 0 Å². The Morgan fingerprint density at radius 3 is 2.73 bits per heavy atom. The molecule has 11 heavy (non-hydrogen) atoms. The van der Waals surface area contributed by atoms with Crippen LogP contribution >= 0.6 is 11.3 Å². The Balaban J connectivity index is 2.27. The summed E-state index contributed by atoms with van der Waals surface area (Å²) in [5, 5.41) is 0. The van der Waals surface area contributed by atoms with E-state index in [0.717, 1.165) is 0 Å². The van der Waals surface area contributed by atoms with Crippen molar-refractivity contribution in [2.24, 2.45) is 0 Å². The number of rotatable bonds is 4. The highest BCUT2D eigenvalue weighted by atomic mass is 32.1. The minimum atomic E-state index is 1.28. The van der Waals surface area contributed by atoms with Gasteiger partial charge in [0.05, 0.1) is 0 Å². The molecule has 0 aliphatic carbocycles. The van der Waals surface area contributed by atoms with Crippen molar-refractivity contribution in [2.45, 2.75) is 32.6 Å². The van der Waals surface area contributed by atoms with Crippen molar-refractivity contribution in [2.75, 3.05) is 0 Å². The highest BCUT2D eigenvalue weighted by Crippen LogP contribution is 2.10. The molecule has 1 rings (SSSR count). The van der Waals surface area contributed by atoms with Crippen LogP contribution in [0.5, 0.6) is 0 Å². The van der Waals surface area contributed by atoms with Gasteiger partial charge in [-0.25, -0.2) is 0 Å². The van der Waals surface area contributed by atoms with Gasteiger partial charge in [-0.05, 0) is 23.7 Å². The predicted octanol–water partition coefficient (Wildman–Crippen LogP) is 1.74. The molecular formula is C9H15BS. The van der Waals surface area contributed by atoms with Crippen molar-refractivity contribution < 1.29 is 0 Å². The van der Waals surface area contributed by atoms with Crippen molar-refractivity contribution in [1.29, 1.82) is 0 Å². The minimum Gasteiger partial charge on any atom is -0.156 e. The van der Waals surface area contributed by atoms with Gasteiger partial charge in [0.2, 0.25) is 0 Å². The zero-order chi connectivity index (χ0) is 8.10. The van der Waals surface area contributed by atoms with E-state index in [1.54, 1.807) is 4.88 Å². The Hall–Kier alpha value is -0.235. The maximum absolute atomic E-state index is 2.26. The molecule has 0 atom stereocenters. The van der Waals surface area contributed by atoms with Crippen LogP contribution in [0, 0.1) is 0 Å². The van der Waals surface area contributed by atoms with Crippen LogP contribution < -0.4 is 4.78 Å². The van der Waals surface area contributed by atoms with Crippen LogP contribution in [0.15, 0.2) is 12.1 Å². The molecule has 0 amide bonds. The van der Waals surface area contributed by atoms with Gasteiger partial charge in [0.25, 0.3) is 0 Å². The van der Waals surface area contributed by atoms with E-state index >= 15 is 0 Å². The second kappa shape index (κ2) is 4.60. The first-order valence-electron chi connectivity index (χ1n) is 4.38. The average molecular weight is 166 g/mol. The van der Waals surface area contributed by atoms with E-state index in [2.05, 4.69) is 26.9 Å². The Morgan fingerprint density at radius 2 is 2.18 bits per heavy atom. The second-order valence-corrected chi connectivity index (χ2v) is 4.34. The van der Waals surface area contributed by atoms with Gasteiger partial charge in [-0.15, -0.1) is 0 Å². The van der Waals surface area contributed by atoms with Crippen LogP contribution in [0.1, 0.15) is 31.1 Å². The summed E-state index contributed by atoms with van der Waals surface area (Å²) in [6.07, 6.45) is 5.34. The zero-order valence-electron chi connectivity index (χ0n) is 7.39. The molecule has 1 aromatic rings. The summed E-state index contributed by atoms with van der Waals surface area (Å²) in [6.45, 7) is 2.25. The maximum Gasteiger partial charge on any atom is 0.152 e. The fourth-order valence-electron chi connectivity index (χ4n) is 1.17. The van der Waals surface area contributed by atoms with Crippen LogP contribution in [-0.2, 0) is 6.42 Å². The summed E-state index contributed by atoms with van der Waals surface area (Å²) >= 11 is 1.94. The first-order chi connectivity index (χ1) is 5.33. The molecule has 0 unspecified atom stereocenters. The molecule has 0 fully saturated rings. The summed E-state index contributed by atoms with van der Waals surface area (Å²) in [6, 6.07) is 4.47. The van der Waals surface area contributed by atoms with Gasteiger partial charge in [-0.1, -0.05) is 25.8 Å². The molecule has 0 radical (unpaired) electrons. The van der Waals surface area contributed by atoms with E-state index in [9.17, 15) is 0 Å². The molecule has 2 heteroatoms. The lowest BCUT2D eigenvalue weighted by atomic mass is 10.1. The van der Waals surface area contributed by atoms with Crippen molar-refractivity contribution >= 4 is 24.0 Å². The molecular weight excluding hydrogens is 151 g/mol. The third-order valence-corrected chi connectivity index (χ3v) is 2.88. The van der Waals surface area contributed by atoms with E-state index in [4.69, 9.17) is 0 Å². The largest absolute Gasteiger partial charge is 0.156 e. The molecule has 1 heterocycles. The van der Waals surface area contributed by atoms with Gasteiger partial charge in [-0.2, -0.15) is 11.3 Å². The quantitative estimate of drug-likeness (QED) is 0.472. The first-order valence-corrected chi connectivity index (χ1v) is 5.20. The molecule has 0 aliphatic heterocycles. The molecule has 0 aliphatic rings. The molecule has 60 valence electrons. The molecule has 0 nitrogen and oxygen atoms in total. The molecule has 0 bridgehead atoms. The van der Waals surface area contributed by atoms with Gasteiger partial charge in [0.1, 0.15) is 0 Å². The monoisotopic (exact) mass is 166 g/mol. The van der Waals surface area contributed by atoms with Crippen LogP contribution in [-0.4, -0.2) is 7.85 Å². The van der Waals surface area contributed by atoms with Crippen LogP contribution in [0.25, 0.3) is 0 Å². The van der Waals surface area contributed by atoms with Crippen LogP contribution in [0.2, 0.25) is 0 Å². The summed E-state index contributed by atoms with van der Waals surface area (Å²) < 4.78 is 1.44. The lowest BCUT2D eigenvalue weighted by Gasteiger charge is -1.94. The fraction of sp³-hybridized carbons (Fsp3) is 0.556. The van der Waals surface area contributed by atoms with Crippen molar-refractivity contribution in [3.05, 3.63) is 17.0 Å². The van der Waals surface area contributed by atoms with E-state index < -0.39 is 0 Å². The lowest BCUT2D eigenvalue weighted by molar-refractivity contribution is 0.722. The van der Waals surface area contributed by atoms with Crippen LogP contribution in [0.3, 0.4) is 0 Å². The topological polar surface area (TPSA) is 0 Å². The standard InChI is InChI=1S/C9H15BS/c1-2-3-4-5-8-6-7-9(10)11-8/h6-7H,2-5,10H2,1H3. The maximum atomic E-state index is 2.26. The number of hydrogen-bond donors (Lipinski definition) is 0. The lowest BCUT2D eigenvalue weighted by Crippen LogP contribution is -1.89. The number of unbranched alkanes of at least 4 members (excludes halogenated alkanes) is 2. The van der Waals surface area contributed by atoms with Crippen LogP contribution in [0.4, 0.5) is 0 Å². The Labute approximate surface area is 74.0 Å². The Morgan fingerprint density at radius 1 is 1.36 bits per heavy atom. The molecule has 0 aromatic carbocycles. The third kappa shape index (κ3) is 3.11. The van der Waals surface area contributed by atoms with E-state index in [0.29, 0.717) is 0 Å². The molecule has 0 saturated carbocycles. The number of hydrogen-bond acceptors (Lipinski definition) is 1.